The number of cyclic esters (lactones) is 1. The van der Waals surface area contributed by atoms with E-state index in [1.165, 1.54) is 4.57 Å². The highest BCUT2D eigenvalue weighted by Gasteiger charge is 2.25. The summed E-state index contributed by atoms with van der Waals surface area (Å²) < 4.78 is 13.5. The second-order valence-electron chi connectivity index (χ2n) is 8.28. The van der Waals surface area contributed by atoms with E-state index < -0.39 is 11.9 Å². The average Bonchev–Trinajstić information content (AvgIpc) is 3.44. The average molecular weight is 448 g/mol. The summed E-state index contributed by atoms with van der Waals surface area (Å²) >= 11 is 0. The summed E-state index contributed by atoms with van der Waals surface area (Å²) in [6.07, 6.45) is -0.719. The minimum atomic E-state index is -0.719. The third kappa shape index (κ3) is 3.65. The number of carbonyl (C=O) groups excluding carboxylic acids is 1. The molecule has 0 aliphatic carbocycles. The minimum absolute atomic E-state index is 0.255. The van der Waals surface area contributed by atoms with E-state index >= 15 is 0 Å². The number of aromatic nitrogens is 3. The van der Waals surface area contributed by atoms with E-state index in [4.69, 9.17) is 9.15 Å². The largest absolute Gasteiger partial charge is 0.457 e. The van der Waals surface area contributed by atoms with E-state index in [9.17, 15) is 14.7 Å². The van der Waals surface area contributed by atoms with Gasteiger partial charge in [0.15, 0.2) is 5.58 Å². The van der Waals surface area contributed by atoms with Gasteiger partial charge in [0.1, 0.15) is 6.61 Å². The van der Waals surface area contributed by atoms with E-state index in [1.807, 2.05) is 32.2 Å². The summed E-state index contributed by atoms with van der Waals surface area (Å²) in [5.74, 6) is -0.710. The molecule has 9 nitrogen and oxygen atoms in total. The van der Waals surface area contributed by atoms with Crippen LogP contribution in [0, 0.1) is 6.92 Å². The highest BCUT2D eigenvalue weighted by molar-refractivity contribution is 5.94. The van der Waals surface area contributed by atoms with Gasteiger partial charge in [0.2, 0.25) is 0 Å². The fourth-order valence-electron chi connectivity index (χ4n) is 4.27. The molecule has 0 fully saturated rings. The van der Waals surface area contributed by atoms with Crippen LogP contribution in [-0.4, -0.2) is 32.0 Å². The van der Waals surface area contributed by atoms with Crippen molar-refractivity contribution in [3.8, 4) is 11.3 Å². The third-order valence-corrected chi connectivity index (χ3v) is 6.27. The maximum absolute atomic E-state index is 11.7. The molecule has 9 heteroatoms. The first-order valence-corrected chi connectivity index (χ1v) is 10.6. The van der Waals surface area contributed by atoms with Crippen LogP contribution in [0.3, 0.4) is 0 Å². The van der Waals surface area contributed by atoms with Gasteiger partial charge in [-0.2, -0.15) is 5.10 Å². The van der Waals surface area contributed by atoms with Crippen molar-refractivity contribution in [2.24, 2.45) is 14.1 Å². The van der Waals surface area contributed by atoms with E-state index in [0.717, 1.165) is 33.6 Å². The van der Waals surface area contributed by atoms with Crippen molar-refractivity contribution in [2.45, 2.75) is 26.2 Å². The molecule has 0 amide bonds. The molecule has 0 spiro atoms. The lowest BCUT2D eigenvalue weighted by Crippen LogP contribution is -2.23. The Bertz CT molecular complexity index is 1450. The van der Waals surface area contributed by atoms with Crippen LogP contribution in [0.15, 0.2) is 45.6 Å². The smallest absolute Gasteiger partial charge is 0.419 e. The maximum Gasteiger partial charge on any atom is 0.419 e. The molecule has 0 saturated heterocycles. The lowest BCUT2D eigenvalue weighted by Gasteiger charge is -2.16. The number of aryl methyl sites for hydroxylation is 2. The maximum atomic E-state index is 11.7. The van der Waals surface area contributed by atoms with E-state index in [-0.39, 0.29) is 12.6 Å². The van der Waals surface area contributed by atoms with Crippen molar-refractivity contribution in [1.82, 2.24) is 19.7 Å². The van der Waals surface area contributed by atoms with Crippen LogP contribution in [0.1, 0.15) is 38.8 Å². The molecule has 0 saturated carbocycles. The van der Waals surface area contributed by atoms with Crippen LogP contribution in [0.5, 0.6) is 0 Å². The van der Waals surface area contributed by atoms with Gasteiger partial charge in [0.25, 0.3) is 0 Å². The first-order chi connectivity index (χ1) is 15.8. The molecule has 170 valence electrons. The first-order valence-electron chi connectivity index (χ1n) is 10.6. The number of ether oxygens (including phenoxy) is 1. The predicted octanol–water partition coefficient (Wildman–Crippen LogP) is 2.33. The molecule has 1 aliphatic heterocycles. The molecule has 5 rings (SSSR count). The molecule has 2 N–H and O–H groups in total. The van der Waals surface area contributed by atoms with Crippen LogP contribution in [0.4, 0.5) is 0 Å². The number of carbonyl (C=O) groups is 1. The lowest BCUT2D eigenvalue weighted by molar-refractivity contribution is 0.0535. The van der Waals surface area contributed by atoms with Gasteiger partial charge in [-0.3, -0.25) is 9.25 Å². The molecule has 1 aliphatic rings. The number of oxazole rings is 1. The summed E-state index contributed by atoms with van der Waals surface area (Å²) in [7, 11) is 3.54. The molecular formula is C24H24N4O5. The van der Waals surface area contributed by atoms with E-state index in [0.29, 0.717) is 29.8 Å². The van der Waals surface area contributed by atoms with Crippen LogP contribution >= 0.6 is 0 Å². The predicted molar refractivity (Wildman–Crippen MR) is 121 cm³/mol. The molecule has 0 bridgehead atoms. The van der Waals surface area contributed by atoms with E-state index in [2.05, 4.69) is 10.4 Å². The molecule has 33 heavy (non-hydrogen) atoms. The fourth-order valence-corrected chi connectivity index (χ4v) is 4.27. The number of rotatable bonds is 6. The number of benzene rings is 2. The SMILES string of the molecule is Cc1c(C(O)CNCc2cc(-c3ccc4oc(=O)n(C)c4c3)nn2C)ccc2c1COC2=O. The standard InChI is InChI=1S/C24H24N4O5/c1-13-16(5-6-17-18(13)12-32-23(17)30)21(29)11-25-10-15-9-19(26-28(15)3)14-4-7-22-20(8-14)27(2)24(31)33-22/h4-9,21,25,29H,10-12H2,1-3H3. The molecule has 4 aromatic rings. The van der Waals surface area contributed by atoms with Crippen molar-refractivity contribution in [3.05, 3.63) is 74.9 Å². The second-order valence-corrected chi connectivity index (χ2v) is 8.28. The molecule has 2 aromatic carbocycles. The quantitative estimate of drug-likeness (QED) is 0.436. The van der Waals surface area contributed by atoms with Crippen molar-refractivity contribution in [2.75, 3.05) is 6.54 Å². The summed E-state index contributed by atoms with van der Waals surface area (Å²) in [5, 5.41) is 18.6. The minimum Gasteiger partial charge on any atom is -0.457 e. The van der Waals surface area contributed by atoms with Gasteiger partial charge in [0.05, 0.1) is 28.6 Å². The van der Waals surface area contributed by atoms with Gasteiger partial charge in [-0.05, 0) is 48.4 Å². The van der Waals surface area contributed by atoms with E-state index in [1.54, 1.807) is 29.9 Å². The van der Waals surface area contributed by atoms with Gasteiger partial charge >= 0.3 is 11.7 Å². The Morgan fingerprint density at radius 1 is 1.18 bits per heavy atom. The second kappa shape index (κ2) is 8.02. The monoisotopic (exact) mass is 448 g/mol. The Hall–Kier alpha value is -3.69. The number of esters is 1. The van der Waals surface area contributed by atoms with Gasteiger partial charge in [0, 0.05) is 38.3 Å². The van der Waals surface area contributed by atoms with Crippen LogP contribution < -0.4 is 11.1 Å². The number of fused-ring (bicyclic) bond motifs is 2. The van der Waals surface area contributed by atoms with Gasteiger partial charge in [-0.25, -0.2) is 9.59 Å². The summed E-state index contributed by atoms with van der Waals surface area (Å²) in [4.78, 5) is 23.5. The Kier molecular flexibility index (Phi) is 5.15. The number of aliphatic hydroxyl groups excluding tert-OH is 1. The Balaban J connectivity index is 1.28. The Labute approximate surface area is 189 Å². The number of nitrogens with one attached hydrogen (secondary N) is 1. The van der Waals surface area contributed by atoms with Crippen molar-refractivity contribution >= 4 is 17.1 Å². The van der Waals surface area contributed by atoms with Gasteiger partial charge < -0.3 is 19.6 Å². The zero-order valence-corrected chi connectivity index (χ0v) is 18.6. The van der Waals surface area contributed by atoms with Crippen LogP contribution in [0.25, 0.3) is 22.4 Å². The lowest BCUT2D eigenvalue weighted by atomic mass is 9.95. The van der Waals surface area contributed by atoms with Crippen molar-refractivity contribution in [1.29, 1.82) is 0 Å². The first kappa shape index (κ1) is 21.2. The molecule has 0 radical (unpaired) electrons. The number of aliphatic hydroxyl groups is 1. The van der Waals surface area contributed by atoms with Crippen molar-refractivity contribution in [3.63, 3.8) is 0 Å². The van der Waals surface area contributed by atoms with Crippen LogP contribution in [-0.2, 0) is 32.0 Å². The van der Waals surface area contributed by atoms with Gasteiger partial charge in [-0.15, -0.1) is 0 Å². The molecular weight excluding hydrogens is 424 g/mol. The Morgan fingerprint density at radius 3 is 2.82 bits per heavy atom. The highest BCUT2D eigenvalue weighted by Crippen LogP contribution is 2.29. The van der Waals surface area contributed by atoms with Crippen LogP contribution in [0.2, 0.25) is 0 Å². The molecule has 1 unspecified atom stereocenters. The summed E-state index contributed by atoms with van der Waals surface area (Å²) in [5.41, 5.74) is 6.95. The normalized spacial score (nSPS) is 14.0. The summed E-state index contributed by atoms with van der Waals surface area (Å²) in [6, 6.07) is 11.0. The molecule has 3 heterocycles. The number of hydrogen-bond donors (Lipinski definition) is 2. The third-order valence-electron chi connectivity index (χ3n) is 6.27. The molecule has 1 atom stereocenters. The Morgan fingerprint density at radius 2 is 2.00 bits per heavy atom. The van der Waals surface area contributed by atoms with Crippen molar-refractivity contribution < 1.29 is 19.1 Å². The summed E-state index contributed by atoms with van der Waals surface area (Å²) in [6.45, 7) is 3.01. The topological polar surface area (TPSA) is 112 Å². The number of hydrogen-bond acceptors (Lipinski definition) is 7. The highest BCUT2D eigenvalue weighted by atomic mass is 16.5. The number of nitrogens with zero attached hydrogens (tertiary/aromatic N) is 3. The van der Waals surface area contributed by atoms with Gasteiger partial charge in [-0.1, -0.05) is 6.07 Å². The zero-order chi connectivity index (χ0) is 23.3. The zero-order valence-electron chi connectivity index (χ0n) is 18.6. The molecule has 2 aromatic heterocycles. The fraction of sp³-hybridized carbons (Fsp3) is 0.292.